The number of hydrogen-bond acceptors (Lipinski definition) is 5. The average molecular weight is 476 g/mol. The van der Waals surface area contributed by atoms with Gasteiger partial charge in [0, 0.05) is 17.1 Å². The van der Waals surface area contributed by atoms with E-state index in [1.54, 1.807) is 20.8 Å². The van der Waals surface area contributed by atoms with Gasteiger partial charge in [-0.2, -0.15) is 4.31 Å². The Labute approximate surface area is 176 Å². The van der Waals surface area contributed by atoms with Gasteiger partial charge in [0.2, 0.25) is 10.0 Å². The van der Waals surface area contributed by atoms with Crippen LogP contribution in [-0.4, -0.2) is 50.1 Å². The SMILES string of the molecule is Cc1cc(Br)cc(C)c1S(=O)(=O)N1CCCCC1COCC(=O)OC(C)(C)C. The highest BCUT2D eigenvalue weighted by Gasteiger charge is 2.35. The van der Waals surface area contributed by atoms with Crippen molar-refractivity contribution in [3.05, 3.63) is 27.7 Å². The molecule has 0 N–H and O–H groups in total. The number of sulfonamides is 1. The minimum absolute atomic E-state index is 0.174. The Morgan fingerprint density at radius 3 is 2.39 bits per heavy atom. The van der Waals surface area contributed by atoms with Gasteiger partial charge in [-0.3, -0.25) is 0 Å². The van der Waals surface area contributed by atoms with Crippen LogP contribution in [0.5, 0.6) is 0 Å². The smallest absolute Gasteiger partial charge is 0.332 e. The van der Waals surface area contributed by atoms with E-state index in [-0.39, 0.29) is 19.3 Å². The molecule has 0 radical (unpaired) electrons. The molecule has 28 heavy (non-hydrogen) atoms. The maximum Gasteiger partial charge on any atom is 0.332 e. The summed E-state index contributed by atoms with van der Waals surface area (Å²) in [6, 6.07) is 3.35. The van der Waals surface area contributed by atoms with Crippen molar-refractivity contribution < 1.29 is 22.7 Å². The Bertz CT molecular complexity index is 793. The second-order valence-corrected chi connectivity index (χ2v) is 11.0. The summed E-state index contributed by atoms with van der Waals surface area (Å²) in [6.45, 7) is 9.45. The van der Waals surface area contributed by atoms with Crippen LogP contribution in [0.1, 0.15) is 51.2 Å². The van der Waals surface area contributed by atoms with Gasteiger partial charge in [-0.05, 0) is 70.7 Å². The number of piperidine rings is 1. The zero-order chi connectivity index (χ0) is 21.1. The lowest BCUT2D eigenvalue weighted by Gasteiger charge is -2.35. The van der Waals surface area contributed by atoms with Crippen LogP contribution in [0.2, 0.25) is 0 Å². The molecule has 1 aromatic carbocycles. The highest BCUT2D eigenvalue weighted by molar-refractivity contribution is 9.10. The predicted molar refractivity (Wildman–Crippen MR) is 112 cm³/mol. The van der Waals surface area contributed by atoms with Gasteiger partial charge in [0.15, 0.2) is 0 Å². The molecule has 8 heteroatoms. The number of aryl methyl sites for hydroxylation is 2. The number of hydrogen-bond donors (Lipinski definition) is 0. The van der Waals surface area contributed by atoms with Gasteiger partial charge < -0.3 is 9.47 Å². The van der Waals surface area contributed by atoms with Crippen LogP contribution >= 0.6 is 15.9 Å². The zero-order valence-electron chi connectivity index (χ0n) is 17.2. The van der Waals surface area contributed by atoms with E-state index in [0.29, 0.717) is 29.0 Å². The molecule has 1 saturated heterocycles. The predicted octanol–water partition coefficient (Wildman–Crippen LogP) is 3.97. The summed E-state index contributed by atoms with van der Waals surface area (Å²) < 4.78 is 40.0. The molecule has 1 fully saturated rings. The summed E-state index contributed by atoms with van der Waals surface area (Å²) >= 11 is 3.42. The molecule has 1 aliphatic rings. The monoisotopic (exact) mass is 475 g/mol. The van der Waals surface area contributed by atoms with Gasteiger partial charge in [0.1, 0.15) is 12.2 Å². The number of esters is 1. The Morgan fingerprint density at radius 1 is 1.21 bits per heavy atom. The maximum absolute atomic E-state index is 13.4. The van der Waals surface area contributed by atoms with Gasteiger partial charge in [-0.1, -0.05) is 22.4 Å². The van der Waals surface area contributed by atoms with Crippen molar-refractivity contribution in [2.24, 2.45) is 0 Å². The number of ether oxygens (including phenoxy) is 2. The minimum Gasteiger partial charge on any atom is -0.458 e. The van der Waals surface area contributed by atoms with Crippen molar-refractivity contribution in [2.45, 2.75) is 70.4 Å². The third-order valence-corrected chi connectivity index (χ3v) is 7.23. The molecule has 0 saturated carbocycles. The Hall–Kier alpha value is -0.960. The second kappa shape index (κ2) is 9.24. The van der Waals surface area contributed by atoms with Crippen molar-refractivity contribution in [1.29, 1.82) is 0 Å². The van der Waals surface area contributed by atoms with Crippen LogP contribution in [0.3, 0.4) is 0 Å². The quantitative estimate of drug-likeness (QED) is 0.581. The molecule has 0 aromatic heterocycles. The van der Waals surface area contributed by atoms with Crippen LogP contribution in [0.25, 0.3) is 0 Å². The van der Waals surface area contributed by atoms with Crippen LogP contribution in [-0.2, 0) is 24.3 Å². The number of rotatable bonds is 6. The molecular weight excluding hydrogens is 446 g/mol. The van der Waals surface area contributed by atoms with Crippen molar-refractivity contribution in [1.82, 2.24) is 4.31 Å². The topological polar surface area (TPSA) is 72.9 Å². The molecule has 1 unspecified atom stereocenters. The van der Waals surface area contributed by atoms with Crippen LogP contribution in [0, 0.1) is 13.8 Å². The Morgan fingerprint density at radius 2 is 1.82 bits per heavy atom. The number of carbonyl (C=O) groups excluding carboxylic acids is 1. The molecular formula is C20H30BrNO5S. The zero-order valence-corrected chi connectivity index (χ0v) is 19.7. The van der Waals surface area contributed by atoms with Crippen LogP contribution in [0.4, 0.5) is 0 Å². The Balaban J connectivity index is 2.13. The summed E-state index contributed by atoms with van der Waals surface area (Å²) in [6.07, 6.45) is 2.46. The maximum atomic E-state index is 13.4. The molecule has 0 aliphatic carbocycles. The van der Waals surface area contributed by atoms with Crippen molar-refractivity contribution >= 4 is 31.9 Å². The summed E-state index contributed by atoms with van der Waals surface area (Å²) in [7, 11) is -3.65. The largest absolute Gasteiger partial charge is 0.458 e. The number of carbonyl (C=O) groups is 1. The molecule has 1 heterocycles. The first-order valence-electron chi connectivity index (χ1n) is 9.50. The average Bonchev–Trinajstić information content (AvgIpc) is 2.52. The van der Waals surface area contributed by atoms with E-state index < -0.39 is 21.6 Å². The summed E-state index contributed by atoms with van der Waals surface area (Å²) in [5, 5.41) is 0. The molecule has 1 aliphatic heterocycles. The van der Waals surface area contributed by atoms with Crippen molar-refractivity contribution in [2.75, 3.05) is 19.8 Å². The van der Waals surface area contributed by atoms with Gasteiger partial charge >= 0.3 is 5.97 Å². The summed E-state index contributed by atoms with van der Waals surface area (Å²) in [5.74, 6) is -0.447. The molecule has 1 atom stereocenters. The fourth-order valence-electron chi connectivity index (χ4n) is 3.53. The number of halogens is 1. The fraction of sp³-hybridized carbons (Fsp3) is 0.650. The van der Waals surface area contributed by atoms with E-state index >= 15 is 0 Å². The summed E-state index contributed by atoms with van der Waals surface area (Å²) in [5.41, 5.74) is 0.855. The fourth-order valence-corrected chi connectivity index (χ4v) is 6.31. The highest BCUT2D eigenvalue weighted by atomic mass is 79.9. The minimum atomic E-state index is -3.65. The third-order valence-electron chi connectivity index (χ3n) is 4.52. The van der Waals surface area contributed by atoms with E-state index in [4.69, 9.17) is 9.47 Å². The van der Waals surface area contributed by atoms with Gasteiger partial charge in [-0.25, -0.2) is 13.2 Å². The van der Waals surface area contributed by atoms with Gasteiger partial charge in [-0.15, -0.1) is 0 Å². The van der Waals surface area contributed by atoms with E-state index in [1.807, 2.05) is 26.0 Å². The number of benzene rings is 1. The van der Waals surface area contributed by atoms with Crippen molar-refractivity contribution in [3.63, 3.8) is 0 Å². The first-order chi connectivity index (χ1) is 12.9. The van der Waals surface area contributed by atoms with Gasteiger partial charge in [0.25, 0.3) is 0 Å². The third kappa shape index (κ3) is 6.02. The second-order valence-electron chi connectivity index (χ2n) is 8.24. The van der Waals surface area contributed by atoms with E-state index in [9.17, 15) is 13.2 Å². The molecule has 2 rings (SSSR count). The molecule has 158 valence electrons. The standard InChI is InChI=1S/C20H30BrNO5S/c1-14-10-16(21)11-15(2)19(14)28(24,25)22-9-7-6-8-17(22)12-26-13-18(23)27-20(3,4)5/h10-11,17H,6-9,12-13H2,1-5H3. The summed E-state index contributed by atoms with van der Waals surface area (Å²) in [4.78, 5) is 12.2. The molecule has 6 nitrogen and oxygen atoms in total. The lowest BCUT2D eigenvalue weighted by atomic mass is 10.1. The van der Waals surface area contributed by atoms with Crippen LogP contribution in [0.15, 0.2) is 21.5 Å². The lowest BCUT2D eigenvalue weighted by molar-refractivity contribution is -0.160. The molecule has 0 spiro atoms. The van der Waals surface area contributed by atoms with E-state index in [2.05, 4.69) is 15.9 Å². The molecule has 0 amide bonds. The Kier molecular flexibility index (Phi) is 7.69. The molecule has 0 bridgehead atoms. The van der Waals surface area contributed by atoms with E-state index in [1.165, 1.54) is 4.31 Å². The normalized spacial score (nSPS) is 18.9. The van der Waals surface area contributed by atoms with Crippen LogP contribution < -0.4 is 0 Å². The van der Waals surface area contributed by atoms with Crippen molar-refractivity contribution in [3.8, 4) is 0 Å². The highest BCUT2D eigenvalue weighted by Crippen LogP contribution is 2.31. The van der Waals surface area contributed by atoms with E-state index in [0.717, 1.165) is 17.3 Å². The molecule has 1 aromatic rings. The first-order valence-corrected chi connectivity index (χ1v) is 11.7. The van der Waals surface area contributed by atoms with Gasteiger partial charge in [0.05, 0.1) is 11.5 Å². The first kappa shape index (κ1) is 23.3. The number of nitrogens with zero attached hydrogens (tertiary/aromatic N) is 1. The lowest BCUT2D eigenvalue weighted by Crippen LogP contribution is -2.46.